The molecule has 2 rings (SSSR count). The number of hydrogen-bond donors (Lipinski definition) is 0. The zero-order valence-corrected chi connectivity index (χ0v) is 9.10. The maximum absolute atomic E-state index is 12.2. The Morgan fingerprint density at radius 3 is 2.56 bits per heavy atom. The number of nitrogens with zero attached hydrogens (tertiary/aromatic N) is 2. The van der Waals surface area contributed by atoms with Crippen molar-refractivity contribution in [3.05, 3.63) is 30.3 Å². The minimum atomic E-state index is -0.461. The van der Waals surface area contributed by atoms with Crippen molar-refractivity contribution in [1.82, 2.24) is 4.90 Å². The molecule has 0 spiro atoms. The minimum Gasteiger partial charge on any atom is -0.360 e. The highest BCUT2D eigenvalue weighted by Gasteiger charge is 2.23. The maximum Gasteiger partial charge on any atom is 0.242 e. The summed E-state index contributed by atoms with van der Waals surface area (Å²) in [7, 11) is 0. The van der Waals surface area contributed by atoms with Crippen LogP contribution < -0.4 is 4.90 Å². The summed E-state index contributed by atoms with van der Waals surface area (Å²) in [5.41, 5.74) is 1.05. The van der Waals surface area contributed by atoms with E-state index in [9.17, 15) is 9.18 Å². The molecule has 1 saturated heterocycles. The van der Waals surface area contributed by atoms with Crippen molar-refractivity contribution in [1.29, 1.82) is 0 Å². The van der Waals surface area contributed by atoms with Crippen LogP contribution in [0.15, 0.2) is 30.3 Å². The molecule has 86 valence electrons. The molecule has 0 aliphatic carbocycles. The maximum atomic E-state index is 12.2. The van der Waals surface area contributed by atoms with Gasteiger partial charge in [0.1, 0.15) is 6.67 Å². The first-order chi connectivity index (χ1) is 7.81. The van der Waals surface area contributed by atoms with Gasteiger partial charge in [0.15, 0.2) is 0 Å². The van der Waals surface area contributed by atoms with Crippen molar-refractivity contribution < 1.29 is 9.18 Å². The molecule has 1 aliphatic rings. The lowest BCUT2D eigenvalue weighted by molar-refractivity contribution is -0.131. The summed E-state index contributed by atoms with van der Waals surface area (Å²) in [5, 5.41) is 0. The third-order valence-electron chi connectivity index (χ3n) is 2.79. The van der Waals surface area contributed by atoms with E-state index in [0.29, 0.717) is 13.1 Å². The van der Waals surface area contributed by atoms with Gasteiger partial charge in [-0.15, -0.1) is 0 Å². The summed E-state index contributed by atoms with van der Waals surface area (Å²) in [6.07, 6.45) is 0. The number of carbonyl (C=O) groups excluding carboxylic acids is 1. The first kappa shape index (κ1) is 10.9. The van der Waals surface area contributed by atoms with Gasteiger partial charge in [0.05, 0.1) is 6.54 Å². The zero-order chi connectivity index (χ0) is 11.4. The summed E-state index contributed by atoms with van der Waals surface area (Å²) >= 11 is 0. The fourth-order valence-electron chi connectivity index (χ4n) is 1.91. The first-order valence-corrected chi connectivity index (χ1v) is 5.45. The number of carbonyl (C=O) groups is 1. The molecule has 1 amide bonds. The van der Waals surface area contributed by atoms with Gasteiger partial charge in [0, 0.05) is 25.3 Å². The summed E-state index contributed by atoms with van der Waals surface area (Å²) in [6.45, 7) is 1.50. The van der Waals surface area contributed by atoms with Crippen LogP contribution in [-0.2, 0) is 4.79 Å². The largest absolute Gasteiger partial charge is 0.360 e. The fraction of sp³-hybridized carbons (Fsp3) is 0.417. The molecule has 1 aliphatic heterocycles. The lowest BCUT2D eigenvalue weighted by Crippen LogP contribution is -2.51. The Bertz CT molecular complexity index is 355. The van der Waals surface area contributed by atoms with Crippen LogP contribution in [0.4, 0.5) is 10.1 Å². The molecule has 1 heterocycles. The van der Waals surface area contributed by atoms with Gasteiger partial charge in [-0.3, -0.25) is 4.79 Å². The lowest BCUT2D eigenvalue weighted by atomic mass is 10.2. The third kappa shape index (κ3) is 2.32. The highest BCUT2D eigenvalue weighted by molar-refractivity contribution is 5.82. The summed E-state index contributed by atoms with van der Waals surface area (Å²) in [6, 6.07) is 9.82. The smallest absolute Gasteiger partial charge is 0.242 e. The second-order valence-electron chi connectivity index (χ2n) is 3.83. The molecule has 0 radical (unpaired) electrons. The summed E-state index contributed by atoms with van der Waals surface area (Å²) in [4.78, 5) is 15.3. The standard InChI is InChI=1S/C12H15FN2O/c13-6-7-14-8-9-15(10-12(14)16)11-4-2-1-3-5-11/h1-5H,6-10H2. The Labute approximate surface area is 94.5 Å². The van der Waals surface area contributed by atoms with Crippen LogP contribution in [0.1, 0.15) is 0 Å². The topological polar surface area (TPSA) is 23.6 Å². The molecule has 1 aromatic rings. The number of amides is 1. The average Bonchev–Trinajstić information content (AvgIpc) is 2.33. The van der Waals surface area contributed by atoms with Gasteiger partial charge >= 0.3 is 0 Å². The van der Waals surface area contributed by atoms with E-state index >= 15 is 0 Å². The molecule has 16 heavy (non-hydrogen) atoms. The van der Waals surface area contributed by atoms with E-state index in [1.54, 1.807) is 4.90 Å². The number of anilines is 1. The molecule has 0 N–H and O–H groups in total. The van der Waals surface area contributed by atoms with Gasteiger partial charge in [0.2, 0.25) is 5.91 Å². The molecular formula is C12H15FN2O. The van der Waals surface area contributed by atoms with E-state index in [1.165, 1.54) is 0 Å². The van der Waals surface area contributed by atoms with Crippen molar-refractivity contribution in [2.75, 3.05) is 37.8 Å². The fourth-order valence-corrected chi connectivity index (χ4v) is 1.91. The van der Waals surface area contributed by atoms with Crippen molar-refractivity contribution >= 4 is 11.6 Å². The van der Waals surface area contributed by atoms with E-state index in [1.807, 2.05) is 35.2 Å². The Kier molecular flexibility index (Phi) is 3.39. The summed E-state index contributed by atoms with van der Waals surface area (Å²) < 4.78 is 12.2. The van der Waals surface area contributed by atoms with Crippen molar-refractivity contribution in [3.8, 4) is 0 Å². The van der Waals surface area contributed by atoms with Crippen LogP contribution in [-0.4, -0.2) is 43.7 Å². The normalized spacial score (nSPS) is 16.7. The van der Waals surface area contributed by atoms with E-state index < -0.39 is 6.67 Å². The molecule has 0 bridgehead atoms. The number of rotatable bonds is 3. The molecule has 4 heteroatoms. The van der Waals surface area contributed by atoms with E-state index in [-0.39, 0.29) is 12.5 Å². The van der Waals surface area contributed by atoms with Crippen LogP contribution in [0.5, 0.6) is 0 Å². The second kappa shape index (κ2) is 4.96. The highest BCUT2D eigenvalue weighted by atomic mass is 19.1. The van der Waals surface area contributed by atoms with Gasteiger partial charge in [-0.05, 0) is 12.1 Å². The van der Waals surface area contributed by atoms with Crippen LogP contribution in [0.25, 0.3) is 0 Å². The predicted octanol–water partition coefficient (Wildman–Crippen LogP) is 1.30. The van der Waals surface area contributed by atoms with Gasteiger partial charge < -0.3 is 9.80 Å². The van der Waals surface area contributed by atoms with E-state index in [2.05, 4.69) is 0 Å². The molecule has 0 aromatic heterocycles. The lowest BCUT2D eigenvalue weighted by Gasteiger charge is -2.35. The molecule has 1 aromatic carbocycles. The van der Waals surface area contributed by atoms with Gasteiger partial charge in [0.25, 0.3) is 0 Å². The number of alkyl halides is 1. The van der Waals surface area contributed by atoms with Crippen molar-refractivity contribution in [2.45, 2.75) is 0 Å². The van der Waals surface area contributed by atoms with Crippen LogP contribution in [0.2, 0.25) is 0 Å². The summed E-state index contributed by atoms with van der Waals surface area (Å²) in [5.74, 6) is 0.00718. The number of hydrogen-bond acceptors (Lipinski definition) is 2. The Morgan fingerprint density at radius 1 is 1.19 bits per heavy atom. The van der Waals surface area contributed by atoms with Crippen LogP contribution in [0.3, 0.4) is 0 Å². The first-order valence-electron chi connectivity index (χ1n) is 5.45. The highest BCUT2D eigenvalue weighted by Crippen LogP contribution is 2.15. The van der Waals surface area contributed by atoms with Crippen LogP contribution in [0, 0.1) is 0 Å². The number of halogens is 1. The minimum absolute atomic E-state index is 0.00718. The number of para-hydroxylation sites is 1. The number of benzene rings is 1. The second-order valence-corrected chi connectivity index (χ2v) is 3.83. The molecule has 0 saturated carbocycles. The van der Waals surface area contributed by atoms with Gasteiger partial charge in [-0.25, -0.2) is 4.39 Å². The Morgan fingerprint density at radius 2 is 1.94 bits per heavy atom. The molecule has 3 nitrogen and oxygen atoms in total. The average molecular weight is 222 g/mol. The van der Waals surface area contributed by atoms with Gasteiger partial charge in [-0.1, -0.05) is 18.2 Å². The van der Waals surface area contributed by atoms with Crippen LogP contribution >= 0.6 is 0 Å². The Hall–Kier alpha value is -1.58. The monoisotopic (exact) mass is 222 g/mol. The van der Waals surface area contributed by atoms with Crippen molar-refractivity contribution in [3.63, 3.8) is 0 Å². The molecule has 0 unspecified atom stereocenters. The van der Waals surface area contributed by atoms with Crippen molar-refractivity contribution in [2.24, 2.45) is 0 Å². The predicted molar refractivity (Wildman–Crippen MR) is 61.2 cm³/mol. The molecular weight excluding hydrogens is 207 g/mol. The van der Waals surface area contributed by atoms with E-state index in [4.69, 9.17) is 0 Å². The number of piperazine rings is 1. The van der Waals surface area contributed by atoms with E-state index in [0.717, 1.165) is 12.2 Å². The molecule has 1 fully saturated rings. The molecule has 0 atom stereocenters. The Balaban J connectivity index is 2.00. The zero-order valence-electron chi connectivity index (χ0n) is 9.10. The third-order valence-corrected chi connectivity index (χ3v) is 2.79. The SMILES string of the molecule is O=C1CN(c2ccccc2)CCN1CCF. The quantitative estimate of drug-likeness (QED) is 0.769. The van der Waals surface area contributed by atoms with Gasteiger partial charge in [-0.2, -0.15) is 0 Å².